The molecule has 0 radical (unpaired) electrons. The monoisotopic (exact) mass is 293 g/mol. The third-order valence-electron chi connectivity index (χ3n) is 3.42. The molecule has 22 heavy (non-hydrogen) atoms. The minimum Gasteiger partial charge on any atom is -0.494 e. The first-order valence-electron chi connectivity index (χ1n) is 7.42. The van der Waals surface area contributed by atoms with Gasteiger partial charge in [-0.25, -0.2) is 0 Å². The van der Waals surface area contributed by atoms with E-state index in [4.69, 9.17) is 10.00 Å². The molecule has 0 saturated carbocycles. The van der Waals surface area contributed by atoms with Crippen molar-refractivity contribution >= 4 is 5.78 Å². The minimum atomic E-state index is 0.179. The lowest BCUT2D eigenvalue weighted by Crippen LogP contribution is -2.02. The van der Waals surface area contributed by atoms with Crippen LogP contribution in [0.1, 0.15) is 40.7 Å². The van der Waals surface area contributed by atoms with Crippen molar-refractivity contribution in [2.75, 3.05) is 6.61 Å². The predicted octanol–water partition coefficient (Wildman–Crippen LogP) is 4.30. The Kier molecular flexibility index (Phi) is 5.73. The van der Waals surface area contributed by atoms with Gasteiger partial charge in [0.25, 0.3) is 0 Å². The largest absolute Gasteiger partial charge is 0.494 e. The summed E-state index contributed by atoms with van der Waals surface area (Å²) in [7, 11) is 0. The van der Waals surface area contributed by atoms with E-state index in [0.29, 0.717) is 18.6 Å². The first-order valence-corrected chi connectivity index (χ1v) is 7.42. The van der Waals surface area contributed by atoms with Crippen LogP contribution in [-0.2, 0) is 0 Å². The molecule has 0 heterocycles. The summed E-state index contributed by atoms with van der Waals surface area (Å²) < 4.78 is 5.59. The fourth-order valence-corrected chi connectivity index (χ4v) is 2.09. The molecule has 0 spiro atoms. The first-order chi connectivity index (χ1) is 10.7. The molecule has 2 aromatic carbocycles. The SMILES string of the molecule is Cc1ccc(C(=O)CCCCOc2ccc(C#N)cc2)cc1. The molecule has 0 bridgehead atoms. The van der Waals surface area contributed by atoms with E-state index in [0.717, 1.165) is 29.7 Å². The van der Waals surface area contributed by atoms with Crippen LogP contribution in [0.25, 0.3) is 0 Å². The second kappa shape index (κ2) is 7.99. The van der Waals surface area contributed by atoms with Gasteiger partial charge < -0.3 is 4.74 Å². The van der Waals surface area contributed by atoms with Crippen LogP contribution in [0.4, 0.5) is 0 Å². The van der Waals surface area contributed by atoms with E-state index in [2.05, 4.69) is 6.07 Å². The van der Waals surface area contributed by atoms with Crippen LogP contribution in [0.15, 0.2) is 48.5 Å². The Morgan fingerprint density at radius 3 is 2.36 bits per heavy atom. The summed E-state index contributed by atoms with van der Waals surface area (Å²) in [5.74, 6) is 0.933. The van der Waals surface area contributed by atoms with Gasteiger partial charge in [0, 0.05) is 12.0 Å². The van der Waals surface area contributed by atoms with Crippen molar-refractivity contribution in [1.29, 1.82) is 5.26 Å². The highest BCUT2D eigenvalue weighted by molar-refractivity contribution is 5.96. The third kappa shape index (κ3) is 4.75. The van der Waals surface area contributed by atoms with Crippen molar-refractivity contribution in [3.8, 4) is 11.8 Å². The van der Waals surface area contributed by atoms with Gasteiger partial charge in [0.1, 0.15) is 5.75 Å². The van der Waals surface area contributed by atoms with Gasteiger partial charge in [0.05, 0.1) is 18.2 Å². The summed E-state index contributed by atoms with van der Waals surface area (Å²) >= 11 is 0. The van der Waals surface area contributed by atoms with Crippen molar-refractivity contribution in [3.05, 3.63) is 65.2 Å². The molecular weight excluding hydrogens is 274 g/mol. The average Bonchev–Trinajstić information content (AvgIpc) is 2.55. The van der Waals surface area contributed by atoms with Crippen molar-refractivity contribution in [1.82, 2.24) is 0 Å². The highest BCUT2D eigenvalue weighted by Gasteiger charge is 2.05. The third-order valence-corrected chi connectivity index (χ3v) is 3.42. The Balaban J connectivity index is 1.67. The Morgan fingerprint density at radius 2 is 1.73 bits per heavy atom. The fraction of sp³-hybridized carbons (Fsp3) is 0.263. The molecule has 0 amide bonds. The number of Topliss-reactive ketones (excluding diaryl/α,β-unsaturated/α-hetero) is 1. The Bertz CT molecular complexity index is 651. The van der Waals surface area contributed by atoms with E-state index in [-0.39, 0.29) is 5.78 Å². The molecule has 0 fully saturated rings. The molecule has 2 aromatic rings. The van der Waals surface area contributed by atoms with Crippen molar-refractivity contribution < 1.29 is 9.53 Å². The lowest BCUT2D eigenvalue weighted by atomic mass is 10.0. The van der Waals surface area contributed by atoms with Crippen LogP contribution >= 0.6 is 0 Å². The topological polar surface area (TPSA) is 50.1 Å². The van der Waals surface area contributed by atoms with Gasteiger partial charge >= 0.3 is 0 Å². The van der Waals surface area contributed by atoms with E-state index >= 15 is 0 Å². The van der Waals surface area contributed by atoms with Crippen molar-refractivity contribution in [3.63, 3.8) is 0 Å². The van der Waals surface area contributed by atoms with Crippen LogP contribution in [-0.4, -0.2) is 12.4 Å². The molecule has 0 N–H and O–H groups in total. The lowest BCUT2D eigenvalue weighted by Gasteiger charge is -2.06. The van der Waals surface area contributed by atoms with Crippen molar-refractivity contribution in [2.45, 2.75) is 26.2 Å². The summed E-state index contributed by atoms with van der Waals surface area (Å²) in [4.78, 5) is 12.0. The highest BCUT2D eigenvalue weighted by atomic mass is 16.5. The minimum absolute atomic E-state index is 0.179. The summed E-state index contributed by atoms with van der Waals surface area (Å²) in [6, 6.07) is 16.8. The van der Waals surface area contributed by atoms with Crippen LogP contribution in [0.3, 0.4) is 0 Å². The quantitative estimate of drug-likeness (QED) is 0.565. The van der Waals surface area contributed by atoms with Crippen LogP contribution < -0.4 is 4.74 Å². The van der Waals surface area contributed by atoms with Gasteiger partial charge in [-0.1, -0.05) is 29.8 Å². The lowest BCUT2D eigenvalue weighted by molar-refractivity contribution is 0.0978. The molecule has 0 aliphatic carbocycles. The van der Waals surface area contributed by atoms with E-state index in [1.807, 2.05) is 31.2 Å². The zero-order valence-electron chi connectivity index (χ0n) is 12.7. The molecule has 3 nitrogen and oxygen atoms in total. The number of ketones is 1. The summed E-state index contributed by atoms with van der Waals surface area (Å²) in [5, 5.41) is 8.71. The highest BCUT2D eigenvalue weighted by Crippen LogP contribution is 2.13. The molecule has 0 atom stereocenters. The number of hydrogen-bond acceptors (Lipinski definition) is 3. The summed E-state index contributed by atoms with van der Waals surface area (Å²) in [6.07, 6.45) is 2.18. The molecule has 0 unspecified atom stereocenters. The van der Waals surface area contributed by atoms with Crippen LogP contribution in [0.2, 0.25) is 0 Å². The van der Waals surface area contributed by atoms with Crippen LogP contribution in [0, 0.1) is 18.3 Å². The summed E-state index contributed by atoms with van der Waals surface area (Å²) in [6.45, 7) is 2.59. The molecule has 0 saturated heterocycles. The number of carbonyl (C=O) groups is 1. The smallest absolute Gasteiger partial charge is 0.162 e. The van der Waals surface area contributed by atoms with E-state index < -0.39 is 0 Å². The molecule has 0 aliphatic rings. The average molecular weight is 293 g/mol. The van der Waals surface area contributed by atoms with E-state index in [9.17, 15) is 4.79 Å². The zero-order chi connectivity index (χ0) is 15.8. The van der Waals surface area contributed by atoms with Gasteiger partial charge in [0.2, 0.25) is 0 Å². The van der Waals surface area contributed by atoms with E-state index in [1.54, 1.807) is 24.3 Å². The maximum absolute atomic E-state index is 12.0. The van der Waals surface area contributed by atoms with Gasteiger partial charge in [-0.15, -0.1) is 0 Å². The molecule has 0 aliphatic heterocycles. The molecule has 2 rings (SSSR count). The molecular formula is C19H19NO2. The maximum Gasteiger partial charge on any atom is 0.162 e. The maximum atomic E-state index is 12.0. The predicted molar refractivity (Wildman–Crippen MR) is 86.0 cm³/mol. The van der Waals surface area contributed by atoms with E-state index in [1.165, 1.54) is 0 Å². The number of ether oxygens (including phenoxy) is 1. The fourth-order valence-electron chi connectivity index (χ4n) is 2.09. The van der Waals surface area contributed by atoms with Gasteiger partial charge in [-0.2, -0.15) is 5.26 Å². The number of unbranched alkanes of at least 4 members (excludes halogenated alkanes) is 1. The van der Waals surface area contributed by atoms with Crippen LogP contribution in [0.5, 0.6) is 5.75 Å². The second-order valence-corrected chi connectivity index (χ2v) is 5.23. The molecule has 112 valence electrons. The summed E-state index contributed by atoms with van der Waals surface area (Å²) in [5.41, 5.74) is 2.56. The number of nitrogens with zero attached hydrogens (tertiary/aromatic N) is 1. The second-order valence-electron chi connectivity index (χ2n) is 5.23. The number of nitriles is 1. The Labute approximate surface area is 131 Å². The first kappa shape index (κ1) is 15.8. The number of carbonyl (C=O) groups excluding carboxylic acids is 1. The van der Waals surface area contributed by atoms with Gasteiger partial charge in [-0.05, 0) is 44.0 Å². The Hall–Kier alpha value is -2.60. The Morgan fingerprint density at radius 1 is 1.05 bits per heavy atom. The van der Waals surface area contributed by atoms with Gasteiger partial charge in [-0.3, -0.25) is 4.79 Å². The van der Waals surface area contributed by atoms with Crippen molar-refractivity contribution in [2.24, 2.45) is 0 Å². The zero-order valence-corrected chi connectivity index (χ0v) is 12.7. The molecule has 3 heteroatoms. The number of hydrogen-bond donors (Lipinski definition) is 0. The number of benzene rings is 2. The number of aryl methyl sites for hydroxylation is 1. The number of rotatable bonds is 7. The standard InChI is InChI=1S/C19H19NO2/c1-15-5-9-17(10-6-15)19(21)4-2-3-13-22-18-11-7-16(14-20)8-12-18/h5-12H,2-4,13H2,1H3. The molecule has 0 aromatic heterocycles. The normalized spacial score (nSPS) is 10.0. The van der Waals surface area contributed by atoms with Gasteiger partial charge in [0.15, 0.2) is 5.78 Å².